The number of rotatable bonds is 1. The summed E-state index contributed by atoms with van der Waals surface area (Å²) in [5, 5.41) is 7.61. The summed E-state index contributed by atoms with van der Waals surface area (Å²) in [4.78, 5) is 15.2. The molecule has 0 radical (unpaired) electrons. The SMILES string of the molecule is Cn1c(=O)oc2cc(-c3nncnc3N)ccc21. The van der Waals surface area contributed by atoms with Gasteiger partial charge in [0.2, 0.25) is 0 Å². The number of nitrogen functional groups attached to an aromatic ring is 1. The third-order valence-electron chi connectivity index (χ3n) is 2.71. The second kappa shape index (κ2) is 3.66. The summed E-state index contributed by atoms with van der Waals surface area (Å²) >= 11 is 0. The van der Waals surface area contributed by atoms with Gasteiger partial charge in [0, 0.05) is 12.6 Å². The first-order valence-corrected chi connectivity index (χ1v) is 5.20. The summed E-state index contributed by atoms with van der Waals surface area (Å²) in [5.41, 5.74) is 8.07. The Balaban J connectivity index is 2.26. The van der Waals surface area contributed by atoms with Crippen LogP contribution in [0.15, 0.2) is 33.7 Å². The highest BCUT2D eigenvalue weighted by atomic mass is 16.4. The number of anilines is 1. The van der Waals surface area contributed by atoms with Crippen molar-refractivity contribution >= 4 is 16.9 Å². The molecule has 0 aliphatic heterocycles. The summed E-state index contributed by atoms with van der Waals surface area (Å²) < 4.78 is 6.53. The maximum Gasteiger partial charge on any atom is 0.419 e. The fourth-order valence-electron chi connectivity index (χ4n) is 1.77. The minimum atomic E-state index is -0.410. The van der Waals surface area contributed by atoms with Gasteiger partial charge in [0.1, 0.15) is 12.0 Å². The summed E-state index contributed by atoms with van der Waals surface area (Å²) in [6, 6.07) is 5.25. The second-order valence-electron chi connectivity index (χ2n) is 3.80. The van der Waals surface area contributed by atoms with Crippen LogP contribution in [0, 0.1) is 0 Å². The van der Waals surface area contributed by atoms with Crippen molar-refractivity contribution in [3.63, 3.8) is 0 Å². The number of hydrogen-bond donors (Lipinski definition) is 1. The molecule has 0 spiro atoms. The molecule has 2 heterocycles. The monoisotopic (exact) mass is 243 g/mol. The van der Waals surface area contributed by atoms with Crippen LogP contribution in [0.3, 0.4) is 0 Å². The molecule has 0 bridgehead atoms. The van der Waals surface area contributed by atoms with Crippen LogP contribution in [0.5, 0.6) is 0 Å². The van der Waals surface area contributed by atoms with Crippen LogP contribution in [-0.4, -0.2) is 19.7 Å². The highest BCUT2D eigenvalue weighted by molar-refractivity contribution is 5.81. The van der Waals surface area contributed by atoms with Gasteiger partial charge in [0.25, 0.3) is 0 Å². The van der Waals surface area contributed by atoms with Crippen LogP contribution in [-0.2, 0) is 7.05 Å². The van der Waals surface area contributed by atoms with Crippen molar-refractivity contribution in [3.8, 4) is 11.3 Å². The molecule has 0 atom stereocenters. The van der Waals surface area contributed by atoms with Gasteiger partial charge in [-0.25, -0.2) is 9.78 Å². The Morgan fingerprint density at radius 2 is 2.22 bits per heavy atom. The van der Waals surface area contributed by atoms with E-state index in [4.69, 9.17) is 10.2 Å². The molecule has 0 amide bonds. The van der Waals surface area contributed by atoms with E-state index in [1.165, 1.54) is 10.9 Å². The number of oxazole rings is 1. The van der Waals surface area contributed by atoms with Crippen molar-refractivity contribution < 1.29 is 4.42 Å². The van der Waals surface area contributed by atoms with Gasteiger partial charge >= 0.3 is 5.76 Å². The number of aryl methyl sites for hydroxylation is 1. The minimum absolute atomic E-state index is 0.280. The third kappa shape index (κ3) is 1.45. The molecule has 3 aromatic rings. The van der Waals surface area contributed by atoms with Crippen molar-refractivity contribution in [3.05, 3.63) is 35.1 Å². The molecule has 3 rings (SSSR count). The molecule has 18 heavy (non-hydrogen) atoms. The molecule has 7 heteroatoms. The topological polar surface area (TPSA) is 99.8 Å². The highest BCUT2D eigenvalue weighted by Gasteiger charge is 2.10. The van der Waals surface area contributed by atoms with Crippen LogP contribution in [0.1, 0.15) is 0 Å². The Bertz CT molecular complexity index is 789. The molecule has 0 fully saturated rings. The number of hydrogen-bond acceptors (Lipinski definition) is 6. The number of nitrogens with zero attached hydrogens (tertiary/aromatic N) is 4. The normalized spacial score (nSPS) is 10.9. The third-order valence-corrected chi connectivity index (χ3v) is 2.71. The maximum atomic E-state index is 11.4. The predicted octanol–water partition coefficient (Wildman–Crippen LogP) is 0.566. The van der Waals surface area contributed by atoms with Gasteiger partial charge in [0.05, 0.1) is 5.52 Å². The van der Waals surface area contributed by atoms with Gasteiger partial charge in [-0.05, 0) is 12.1 Å². The van der Waals surface area contributed by atoms with Gasteiger partial charge in [-0.3, -0.25) is 4.57 Å². The molecule has 2 N–H and O–H groups in total. The highest BCUT2D eigenvalue weighted by Crippen LogP contribution is 2.24. The predicted molar refractivity (Wildman–Crippen MR) is 64.7 cm³/mol. The van der Waals surface area contributed by atoms with Crippen molar-refractivity contribution in [2.24, 2.45) is 7.05 Å². The standard InChI is InChI=1S/C11H9N5O2/c1-16-7-3-2-6(4-8(7)18-11(16)17)9-10(12)13-5-14-15-9/h2-5H,1H3,(H2,12,13,14). The van der Waals surface area contributed by atoms with Gasteiger partial charge in [-0.15, -0.1) is 10.2 Å². The van der Waals surface area contributed by atoms with E-state index in [0.29, 0.717) is 22.4 Å². The zero-order valence-corrected chi connectivity index (χ0v) is 9.49. The second-order valence-corrected chi connectivity index (χ2v) is 3.80. The molecule has 1 aromatic carbocycles. The van der Waals surface area contributed by atoms with Gasteiger partial charge in [-0.2, -0.15) is 0 Å². The van der Waals surface area contributed by atoms with Crippen LogP contribution in [0.25, 0.3) is 22.4 Å². The van der Waals surface area contributed by atoms with E-state index in [1.807, 2.05) is 0 Å². The van der Waals surface area contributed by atoms with E-state index >= 15 is 0 Å². The largest absolute Gasteiger partial charge is 0.419 e. The number of fused-ring (bicyclic) bond motifs is 1. The number of nitrogens with two attached hydrogens (primary N) is 1. The van der Waals surface area contributed by atoms with Crippen LogP contribution in [0.2, 0.25) is 0 Å². The van der Waals surface area contributed by atoms with Crippen molar-refractivity contribution in [2.45, 2.75) is 0 Å². The van der Waals surface area contributed by atoms with Crippen molar-refractivity contribution in [1.29, 1.82) is 0 Å². The van der Waals surface area contributed by atoms with Crippen LogP contribution in [0.4, 0.5) is 5.82 Å². The lowest BCUT2D eigenvalue weighted by Gasteiger charge is -2.01. The minimum Gasteiger partial charge on any atom is -0.408 e. The Morgan fingerprint density at radius 3 is 3.00 bits per heavy atom. The fourth-order valence-corrected chi connectivity index (χ4v) is 1.77. The molecule has 7 nitrogen and oxygen atoms in total. The Morgan fingerprint density at radius 1 is 1.39 bits per heavy atom. The zero-order valence-electron chi connectivity index (χ0n) is 9.49. The molecule has 0 saturated heterocycles. The lowest BCUT2D eigenvalue weighted by atomic mass is 10.1. The Hall–Kier alpha value is -2.70. The average molecular weight is 243 g/mol. The first-order valence-electron chi connectivity index (χ1n) is 5.20. The molecule has 0 saturated carbocycles. The Labute approximate surface area is 101 Å². The van der Waals surface area contributed by atoms with Gasteiger partial charge in [0.15, 0.2) is 11.4 Å². The van der Waals surface area contributed by atoms with Crippen molar-refractivity contribution in [2.75, 3.05) is 5.73 Å². The van der Waals surface area contributed by atoms with Crippen LogP contribution < -0.4 is 11.5 Å². The zero-order chi connectivity index (χ0) is 12.7. The number of benzene rings is 1. The van der Waals surface area contributed by atoms with E-state index in [2.05, 4.69) is 15.2 Å². The van der Waals surface area contributed by atoms with Crippen molar-refractivity contribution in [1.82, 2.24) is 19.7 Å². The molecule has 0 aliphatic rings. The average Bonchev–Trinajstić information content (AvgIpc) is 2.65. The maximum absolute atomic E-state index is 11.4. The summed E-state index contributed by atoms with van der Waals surface area (Å²) in [6.45, 7) is 0. The molecule has 0 aliphatic carbocycles. The summed E-state index contributed by atoms with van der Waals surface area (Å²) in [7, 11) is 1.64. The molecular formula is C11H9N5O2. The molecular weight excluding hydrogens is 234 g/mol. The van der Waals surface area contributed by atoms with Gasteiger partial charge in [-0.1, -0.05) is 6.07 Å². The Kier molecular flexibility index (Phi) is 2.12. The van der Waals surface area contributed by atoms with E-state index in [-0.39, 0.29) is 5.82 Å². The summed E-state index contributed by atoms with van der Waals surface area (Å²) in [6.07, 6.45) is 1.28. The first-order chi connectivity index (χ1) is 8.66. The quantitative estimate of drug-likeness (QED) is 0.670. The van der Waals surface area contributed by atoms with Gasteiger partial charge < -0.3 is 10.2 Å². The van der Waals surface area contributed by atoms with Crippen LogP contribution >= 0.6 is 0 Å². The van der Waals surface area contributed by atoms with E-state index in [9.17, 15) is 4.79 Å². The first kappa shape index (κ1) is 10.5. The fraction of sp³-hybridized carbons (Fsp3) is 0.0909. The molecule has 90 valence electrons. The van der Waals surface area contributed by atoms with E-state index < -0.39 is 5.76 Å². The smallest absolute Gasteiger partial charge is 0.408 e. The summed E-state index contributed by atoms with van der Waals surface area (Å²) in [5.74, 6) is -0.130. The molecule has 2 aromatic heterocycles. The lowest BCUT2D eigenvalue weighted by molar-refractivity contribution is 0.528. The number of aromatic nitrogens is 4. The van der Waals surface area contributed by atoms with E-state index in [1.54, 1.807) is 25.2 Å². The van der Waals surface area contributed by atoms with E-state index in [0.717, 1.165) is 0 Å². The molecule has 0 unspecified atom stereocenters. The lowest BCUT2D eigenvalue weighted by Crippen LogP contribution is -2.08.